The lowest BCUT2D eigenvalue weighted by molar-refractivity contribution is -0.137. The molecule has 0 aromatic heterocycles. The summed E-state index contributed by atoms with van der Waals surface area (Å²) in [4.78, 5) is 12.7. The second-order valence-corrected chi connectivity index (χ2v) is 4.08. The van der Waals surface area contributed by atoms with Crippen molar-refractivity contribution in [2.24, 2.45) is 0 Å². The zero-order valence-electron chi connectivity index (χ0n) is 9.13. The van der Waals surface area contributed by atoms with Crippen molar-refractivity contribution in [3.63, 3.8) is 0 Å². The van der Waals surface area contributed by atoms with Gasteiger partial charge in [0.25, 0.3) is 0 Å². The molecule has 1 aliphatic rings. The zero-order valence-corrected chi connectivity index (χ0v) is 9.13. The highest BCUT2D eigenvalue weighted by Crippen LogP contribution is 2.34. The fourth-order valence-electron chi connectivity index (χ4n) is 2.05. The van der Waals surface area contributed by atoms with Crippen LogP contribution in [0.1, 0.15) is 28.8 Å². The minimum atomic E-state index is -4.37. The number of benzene rings is 1. The summed E-state index contributed by atoms with van der Waals surface area (Å²) >= 11 is 0. The van der Waals surface area contributed by atoms with Crippen molar-refractivity contribution in [2.45, 2.75) is 19.0 Å². The molecule has 1 aliphatic heterocycles. The van der Waals surface area contributed by atoms with E-state index in [1.54, 1.807) is 0 Å². The number of aldehydes is 1. The average Bonchev–Trinajstić information content (AvgIpc) is 2.80. The maximum Gasteiger partial charge on any atom is 0.416 e. The molecule has 17 heavy (non-hydrogen) atoms. The largest absolute Gasteiger partial charge is 0.416 e. The van der Waals surface area contributed by atoms with Crippen LogP contribution in [0.5, 0.6) is 0 Å². The molecule has 0 unspecified atom stereocenters. The van der Waals surface area contributed by atoms with Crippen LogP contribution in [-0.4, -0.2) is 19.4 Å². The first-order valence-corrected chi connectivity index (χ1v) is 5.44. The van der Waals surface area contributed by atoms with E-state index in [4.69, 9.17) is 0 Å². The van der Waals surface area contributed by atoms with Crippen LogP contribution >= 0.6 is 0 Å². The first kappa shape index (κ1) is 12.0. The summed E-state index contributed by atoms with van der Waals surface area (Å²) < 4.78 is 37.8. The Morgan fingerprint density at radius 1 is 1.18 bits per heavy atom. The maximum absolute atomic E-state index is 12.6. The van der Waals surface area contributed by atoms with E-state index >= 15 is 0 Å². The lowest BCUT2D eigenvalue weighted by Crippen LogP contribution is -2.20. The van der Waals surface area contributed by atoms with Crippen LogP contribution < -0.4 is 4.90 Å². The van der Waals surface area contributed by atoms with E-state index < -0.39 is 11.7 Å². The molecule has 0 bridgehead atoms. The Bertz CT molecular complexity index is 422. The molecule has 0 spiro atoms. The highest BCUT2D eigenvalue weighted by atomic mass is 19.4. The lowest BCUT2D eigenvalue weighted by Gasteiger charge is -2.21. The normalized spacial score (nSPS) is 16.3. The molecule has 2 nitrogen and oxygen atoms in total. The average molecular weight is 243 g/mol. The summed E-state index contributed by atoms with van der Waals surface area (Å²) in [7, 11) is 0. The molecule has 1 saturated heterocycles. The molecule has 1 fully saturated rings. The highest BCUT2D eigenvalue weighted by molar-refractivity contribution is 5.85. The Hall–Kier alpha value is -1.52. The van der Waals surface area contributed by atoms with Gasteiger partial charge in [-0.3, -0.25) is 4.79 Å². The molecular weight excluding hydrogens is 231 g/mol. The molecule has 2 rings (SSSR count). The summed E-state index contributed by atoms with van der Waals surface area (Å²) in [6.07, 6.45) is -1.85. The number of hydrogen-bond acceptors (Lipinski definition) is 2. The molecule has 1 aromatic rings. The third kappa shape index (κ3) is 2.43. The summed E-state index contributed by atoms with van der Waals surface area (Å²) in [5.41, 5.74) is 0.0113. The van der Waals surface area contributed by atoms with Gasteiger partial charge in [0.15, 0.2) is 6.29 Å². The third-order valence-electron chi connectivity index (χ3n) is 2.93. The molecule has 0 radical (unpaired) electrons. The Morgan fingerprint density at radius 2 is 1.82 bits per heavy atom. The number of alkyl halides is 3. The van der Waals surface area contributed by atoms with Gasteiger partial charge < -0.3 is 4.90 Å². The quantitative estimate of drug-likeness (QED) is 0.744. The number of rotatable bonds is 2. The van der Waals surface area contributed by atoms with Gasteiger partial charge in [-0.05, 0) is 31.0 Å². The van der Waals surface area contributed by atoms with Crippen molar-refractivity contribution in [1.29, 1.82) is 0 Å². The second kappa shape index (κ2) is 4.39. The van der Waals surface area contributed by atoms with Gasteiger partial charge in [0, 0.05) is 24.3 Å². The van der Waals surface area contributed by atoms with Crippen molar-refractivity contribution in [1.82, 2.24) is 0 Å². The van der Waals surface area contributed by atoms with Crippen molar-refractivity contribution >= 4 is 12.0 Å². The fraction of sp³-hybridized carbons (Fsp3) is 0.417. The summed E-state index contributed by atoms with van der Waals surface area (Å²) in [5.74, 6) is 0. The van der Waals surface area contributed by atoms with Gasteiger partial charge in [-0.2, -0.15) is 13.2 Å². The minimum Gasteiger partial charge on any atom is -0.371 e. The molecule has 5 heteroatoms. The molecule has 0 atom stereocenters. The smallest absolute Gasteiger partial charge is 0.371 e. The van der Waals surface area contributed by atoms with Gasteiger partial charge in [-0.1, -0.05) is 0 Å². The van der Waals surface area contributed by atoms with Crippen LogP contribution in [-0.2, 0) is 6.18 Å². The second-order valence-electron chi connectivity index (χ2n) is 4.08. The number of halogens is 3. The zero-order chi connectivity index (χ0) is 12.5. The van der Waals surface area contributed by atoms with Crippen LogP contribution in [0.3, 0.4) is 0 Å². The molecule has 0 saturated carbocycles. The third-order valence-corrected chi connectivity index (χ3v) is 2.93. The van der Waals surface area contributed by atoms with Gasteiger partial charge in [0.05, 0.1) is 5.56 Å². The van der Waals surface area contributed by atoms with E-state index in [-0.39, 0.29) is 0 Å². The predicted molar refractivity (Wildman–Crippen MR) is 58.3 cm³/mol. The van der Waals surface area contributed by atoms with Gasteiger partial charge in [0.2, 0.25) is 0 Å². The Morgan fingerprint density at radius 3 is 2.35 bits per heavy atom. The number of nitrogens with zero attached hydrogens (tertiary/aromatic N) is 1. The van der Waals surface area contributed by atoms with Crippen molar-refractivity contribution in [3.8, 4) is 0 Å². The molecule has 0 amide bonds. The van der Waals surface area contributed by atoms with Gasteiger partial charge >= 0.3 is 6.18 Å². The van der Waals surface area contributed by atoms with Crippen molar-refractivity contribution < 1.29 is 18.0 Å². The molecule has 1 aromatic carbocycles. The minimum absolute atomic E-state index is 0.319. The Kier molecular flexibility index (Phi) is 3.09. The van der Waals surface area contributed by atoms with E-state index in [9.17, 15) is 18.0 Å². The van der Waals surface area contributed by atoms with Crippen LogP contribution in [0.2, 0.25) is 0 Å². The molecule has 1 heterocycles. The van der Waals surface area contributed by atoms with Crippen molar-refractivity contribution in [3.05, 3.63) is 29.3 Å². The highest BCUT2D eigenvalue weighted by Gasteiger charge is 2.31. The first-order chi connectivity index (χ1) is 8.02. The van der Waals surface area contributed by atoms with Gasteiger partial charge in [0.1, 0.15) is 0 Å². The molecule has 0 aliphatic carbocycles. The van der Waals surface area contributed by atoms with Gasteiger partial charge in [-0.15, -0.1) is 0 Å². The van der Waals surface area contributed by atoms with E-state index in [0.29, 0.717) is 30.6 Å². The van der Waals surface area contributed by atoms with E-state index in [2.05, 4.69) is 0 Å². The standard InChI is InChI=1S/C12H12F3NO/c13-12(14,15)10-4-3-9(8-17)11(7-10)16-5-1-2-6-16/h3-4,7-8H,1-2,5-6H2. The van der Waals surface area contributed by atoms with Crippen LogP contribution in [0, 0.1) is 0 Å². The van der Waals surface area contributed by atoms with Crippen LogP contribution in [0.4, 0.5) is 18.9 Å². The SMILES string of the molecule is O=Cc1ccc(C(F)(F)F)cc1N1CCCC1. The number of carbonyl (C=O) groups excluding carboxylic acids is 1. The Balaban J connectivity index is 2.42. The lowest BCUT2D eigenvalue weighted by atomic mass is 10.1. The first-order valence-electron chi connectivity index (χ1n) is 5.44. The van der Waals surface area contributed by atoms with E-state index in [1.807, 2.05) is 4.90 Å². The number of anilines is 1. The predicted octanol–water partition coefficient (Wildman–Crippen LogP) is 3.12. The van der Waals surface area contributed by atoms with Crippen LogP contribution in [0.15, 0.2) is 18.2 Å². The van der Waals surface area contributed by atoms with E-state index in [0.717, 1.165) is 25.0 Å². The number of hydrogen-bond donors (Lipinski definition) is 0. The number of carbonyl (C=O) groups is 1. The van der Waals surface area contributed by atoms with Crippen molar-refractivity contribution in [2.75, 3.05) is 18.0 Å². The summed E-state index contributed by atoms with van der Waals surface area (Å²) in [5, 5.41) is 0. The molecular formula is C12H12F3NO. The van der Waals surface area contributed by atoms with E-state index in [1.165, 1.54) is 6.07 Å². The fourth-order valence-corrected chi connectivity index (χ4v) is 2.05. The summed E-state index contributed by atoms with van der Waals surface area (Å²) in [6, 6.07) is 3.25. The molecule has 0 N–H and O–H groups in total. The van der Waals surface area contributed by atoms with Crippen LogP contribution in [0.25, 0.3) is 0 Å². The maximum atomic E-state index is 12.6. The summed E-state index contributed by atoms with van der Waals surface area (Å²) in [6.45, 7) is 1.42. The monoisotopic (exact) mass is 243 g/mol. The molecule has 92 valence electrons. The Labute approximate surface area is 97.0 Å². The topological polar surface area (TPSA) is 20.3 Å². The van der Waals surface area contributed by atoms with Gasteiger partial charge in [-0.25, -0.2) is 0 Å².